The molecule has 1 heterocycles. The van der Waals surface area contributed by atoms with Crippen molar-refractivity contribution >= 4 is 11.6 Å². The maximum Gasteiger partial charge on any atom is 0.110 e. The average Bonchev–Trinajstić information content (AvgIpc) is 2.88. The summed E-state index contributed by atoms with van der Waals surface area (Å²) in [6.07, 6.45) is 4.68. The summed E-state index contributed by atoms with van der Waals surface area (Å²) >= 11 is 5.90. The third-order valence-electron chi connectivity index (χ3n) is 3.06. The van der Waals surface area contributed by atoms with Crippen molar-refractivity contribution in [3.63, 3.8) is 0 Å². The van der Waals surface area contributed by atoms with Crippen molar-refractivity contribution in [2.45, 2.75) is 13.0 Å². The van der Waals surface area contributed by atoms with Gasteiger partial charge >= 0.3 is 0 Å². The second-order valence-electron chi connectivity index (χ2n) is 4.50. The van der Waals surface area contributed by atoms with Crippen LogP contribution in [0.3, 0.4) is 0 Å². The number of nitrogens with zero attached hydrogens (tertiary/aromatic N) is 2. The number of hydrogen-bond acceptors (Lipinski definition) is 3. The number of imidazole rings is 1. The van der Waals surface area contributed by atoms with Crippen LogP contribution in [-0.4, -0.2) is 23.1 Å². The van der Waals surface area contributed by atoms with Gasteiger partial charge in [0.1, 0.15) is 5.82 Å². The summed E-state index contributed by atoms with van der Waals surface area (Å²) in [4.78, 5) is 4.40. The topological polar surface area (TPSA) is 41.9 Å². The highest BCUT2D eigenvalue weighted by molar-refractivity contribution is 6.30. The van der Waals surface area contributed by atoms with Crippen LogP contribution in [0.5, 0.6) is 0 Å². The van der Waals surface area contributed by atoms with E-state index in [4.69, 9.17) is 11.6 Å². The van der Waals surface area contributed by atoms with Crippen molar-refractivity contribution in [3.8, 4) is 0 Å². The molecular formula is C15H19ClN4. The first-order valence-corrected chi connectivity index (χ1v) is 6.92. The third kappa shape index (κ3) is 4.03. The smallest absolute Gasteiger partial charge is 0.110 e. The van der Waals surface area contributed by atoms with Crippen LogP contribution in [0.1, 0.15) is 11.4 Å². The highest BCUT2D eigenvalue weighted by Gasteiger charge is 2.03. The highest BCUT2D eigenvalue weighted by Crippen LogP contribution is 2.11. The van der Waals surface area contributed by atoms with E-state index in [9.17, 15) is 0 Å². The van der Waals surface area contributed by atoms with Gasteiger partial charge in [0.2, 0.25) is 0 Å². The van der Waals surface area contributed by atoms with Crippen LogP contribution < -0.4 is 10.6 Å². The number of aromatic nitrogens is 2. The lowest BCUT2D eigenvalue weighted by molar-refractivity contribution is 0.668. The second kappa shape index (κ2) is 7.01. The molecule has 0 spiro atoms. The fourth-order valence-corrected chi connectivity index (χ4v) is 2.04. The number of hydrogen-bond donors (Lipinski definition) is 2. The molecule has 1 aromatic carbocycles. The van der Waals surface area contributed by atoms with E-state index in [2.05, 4.69) is 26.8 Å². The van der Waals surface area contributed by atoms with Crippen LogP contribution in [0, 0.1) is 0 Å². The zero-order valence-electron chi connectivity index (χ0n) is 11.6. The Hall–Kier alpha value is -1.94. The molecule has 2 rings (SSSR count). The Morgan fingerprint density at radius 2 is 2.10 bits per heavy atom. The van der Waals surface area contributed by atoms with Crippen molar-refractivity contribution in [2.24, 2.45) is 0 Å². The van der Waals surface area contributed by atoms with Gasteiger partial charge in [-0.05, 0) is 17.7 Å². The molecule has 0 saturated heterocycles. The SMILES string of the molecule is C=C(NC)NCCc1nccn1Cc1ccc(Cl)cc1. The first-order chi connectivity index (χ1) is 9.69. The van der Waals surface area contributed by atoms with E-state index in [1.165, 1.54) is 5.56 Å². The van der Waals surface area contributed by atoms with Crippen LogP contribution in [-0.2, 0) is 13.0 Å². The summed E-state index contributed by atoms with van der Waals surface area (Å²) < 4.78 is 2.15. The lowest BCUT2D eigenvalue weighted by Gasteiger charge is -2.10. The molecule has 0 radical (unpaired) electrons. The first kappa shape index (κ1) is 14.5. The van der Waals surface area contributed by atoms with Crippen LogP contribution >= 0.6 is 11.6 Å². The largest absolute Gasteiger partial charge is 0.375 e. The maximum absolute atomic E-state index is 5.90. The van der Waals surface area contributed by atoms with Crippen molar-refractivity contribution < 1.29 is 0 Å². The van der Waals surface area contributed by atoms with Crippen molar-refractivity contribution in [2.75, 3.05) is 13.6 Å². The van der Waals surface area contributed by atoms with Gasteiger partial charge in [-0.1, -0.05) is 30.3 Å². The van der Waals surface area contributed by atoms with Gasteiger partial charge < -0.3 is 15.2 Å². The van der Waals surface area contributed by atoms with Gasteiger partial charge in [-0.2, -0.15) is 0 Å². The minimum absolute atomic E-state index is 0.759. The van der Waals surface area contributed by atoms with E-state index in [-0.39, 0.29) is 0 Å². The van der Waals surface area contributed by atoms with Crippen LogP contribution in [0.25, 0.3) is 0 Å². The van der Waals surface area contributed by atoms with Crippen molar-refractivity contribution in [1.29, 1.82) is 0 Å². The predicted molar refractivity (Wildman–Crippen MR) is 82.7 cm³/mol. The van der Waals surface area contributed by atoms with Gasteiger partial charge in [0.25, 0.3) is 0 Å². The summed E-state index contributed by atoms with van der Waals surface area (Å²) in [6, 6.07) is 7.89. The van der Waals surface area contributed by atoms with Gasteiger partial charge in [-0.15, -0.1) is 0 Å². The van der Waals surface area contributed by atoms with Gasteiger partial charge in [-0.3, -0.25) is 0 Å². The molecule has 0 unspecified atom stereocenters. The van der Waals surface area contributed by atoms with Gasteiger partial charge in [-0.25, -0.2) is 4.98 Å². The molecule has 0 amide bonds. The Morgan fingerprint density at radius 3 is 2.80 bits per heavy atom. The molecule has 0 atom stereocenters. The maximum atomic E-state index is 5.90. The molecule has 4 nitrogen and oxygen atoms in total. The van der Waals surface area contributed by atoms with Gasteiger partial charge in [0.05, 0.1) is 5.82 Å². The van der Waals surface area contributed by atoms with Crippen molar-refractivity contribution in [3.05, 3.63) is 65.5 Å². The normalized spacial score (nSPS) is 10.3. The molecule has 2 N–H and O–H groups in total. The summed E-state index contributed by atoms with van der Waals surface area (Å²) in [5.74, 6) is 1.87. The van der Waals surface area contributed by atoms with Crippen molar-refractivity contribution in [1.82, 2.24) is 20.2 Å². The number of benzene rings is 1. The molecule has 20 heavy (non-hydrogen) atoms. The zero-order chi connectivity index (χ0) is 14.4. The van der Waals surface area contributed by atoms with Crippen LogP contribution in [0.4, 0.5) is 0 Å². The quantitative estimate of drug-likeness (QED) is 0.823. The number of nitrogens with one attached hydrogen (secondary N) is 2. The van der Waals surface area contributed by atoms with E-state index in [0.29, 0.717) is 0 Å². The molecule has 0 aliphatic carbocycles. The van der Waals surface area contributed by atoms with E-state index in [1.54, 1.807) is 0 Å². The Kier molecular flexibility index (Phi) is 5.07. The molecular weight excluding hydrogens is 272 g/mol. The van der Waals surface area contributed by atoms with Crippen LogP contribution in [0.15, 0.2) is 49.1 Å². The summed E-state index contributed by atoms with van der Waals surface area (Å²) in [5, 5.41) is 6.91. The van der Waals surface area contributed by atoms with Crippen LogP contribution in [0.2, 0.25) is 5.02 Å². The second-order valence-corrected chi connectivity index (χ2v) is 4.94. The zero-order valence-corrected chi connectivity index (χ0v) is 12.3. The third-order valence-corrected chi connectivity index (χ3v) is 3.31. The van der Waals surface area contributed by atoms with E-state index < -0.39 is 0 Å². The molecule has 106 valence electrons. The summed E-state index contributed by atoms with van der Waals surface area (Å²) in [5.41, 5.74) is 1.21. The van der Waals surface area contributed by atoms with E-state index in [1.807, 2.05) is 43.7 Å². The Balaban J connectivity index is 1.94. The monoisotopic (exact) mass is 290 g/mol. The fourth-order valence-electron chi connectivity index (χ4n) is 1.91. The Morgan fingerprint density at radius 1 is 1.35 bits per heavy atom. The lowest BCUT2D eigenvalue weighted by atomic mass is 10.2. The Labute approximate surface area is 124 Å². The Bertz CT molecular complexity index is 560. The minimum atomic E-state index is 0.759. The molecule has 0 fully saturated rings. The lowest BCUT2D eigenvalue weighted by Crippen LogP contribution is -2.25. The predicted octanol–water partition coefficient (Wildman–Crippen LogP) is 2.41. The standard InChI is InChI=1S/C15H19ClN4/c1-12(17-2)18-8-7-15-19-9-10-20(15)11-13-3-5-14(16)6-4-13/h3-6,9-10,17-18H,1,7-8,11H2,2H3. The fraction of sp³-hybridized carbons (Fsp3) is 0.267. The molecule has 0 bridgehead atoms. The van der Waals surface area contributed by atoms with E-state index >= 15 is 0 Å². The average molecular weight is 291 g/mol. The summed E-state index contributed by atoms with van der Waals surface area (Å²) in [6.45, 7) is 5.44. The highest BCUT2D eigenvalue weighted by atomic mass is 35.5. The molecule has 0 aliphatic heterocycles. The number of rotatable bonds is 7. The molecule has 2 aromatic rings. The summed E-state index contributed by atoms with van der Waals surface area (Å²) in [7, 11) is 1.84. The molecule has 0 saturated carbocycles. The van der Waals surface area contributed by atoms with Gasteiger partial charge in [0, 0.05) is 44.0 Å². The molecule has 5 heteroatoms. The van der Waals surface area contributed by atoms with Gasteiger partial charge in [0.15, 0.2) is 0 Å². The number of halogens is 1. The minimum Gasteiger partial charge on any atom is -0.375 e. The first-order valence-electron chi connectivity index (χ1n) is 6.54. The molecule has 0 aliphatic rings. The van der Waals surface area contributed by atoms with E-state index in [0.717, 1.165) is 36.2 Å². The molecule has 1 aromatic heterocycles.